The topological polar surface area (TPSA) is 29.3 Å². The van der Waals surface area contributed by atoms with Crippen LogP contribution in [0.25, 0.3) is 0 Å². The molecule has 0 aliphatic carbocycles. The van der Waals surface area contributed by atoms with Crippen LogP contribution in [0.4, 0.5) is 4.39 Å². The van der Waals surface area contributed by atoms with Crippen molar-refractivity contribution in [3.8, 4) is 0 Å². The Morgan fingerprint density at radius 1 is 1.37 bits per heavy atom. The highest BCUT2D eigenvalue weighted by atomic mass is 19.1. The predicted molar refractivity (Wildman–Crippen MR) is 77.4 cm³/mol. The van der Waals surface area contributed by atoms with Crippen LogP contribution in [0.15, 0.2) is 24.3 Å². The van der Waals surface area contributed by atoms with Crippen molar-refractivity contribution in [2.24, 2.45) is 11.1 Å². The molecule has 0 bridgehead atoms. The maximum atomic E-state index is 14.1. The average Bonchev–Trinajstić information content (AvgIpc) is 2.72. The molecule has 1 fully saturated rings. The molecule has 1 aliphatic heterocycles. The molecule has 2 unspecified atom stereocenters. The Balaban J connectivity index is 2.30. The third kappa shape index (κ3) is 3.15. The Bertz CT molecular complexity index is 431. The predicted octanol–water partition coefficient (Wildman–Crippen LogP) is 3.34. The zero-order chi connectivity index (χ0) is 14.0. The number of likely N-dealkylation sites (tertiary alicyclic amines) is 1. The third-order valence-corrected chi connectivity index (χ3v) is 4.20. The first kappa shape index (κ1) is 14.5. The molecule has 1 aromatic carbocycles. The van der Waals surface area contributed by atoms with Gasteiger partial charge in [-0.1, -0.05) is 39.0 Å². The molecular weight excluding hydrogens is 239 g/mol. The van der Waals surface area contributed by atoms with Crippen LogP contribution in [-0.4, -0.2) is 24.0 Å². The van der Waals surface area contributed by atoms with E-state index in [0.29, 0.717) is 5.41 Å². The van der Waals surface area contributed by atoms with Gasteiger partial charge in [-0.05, 0) is 30.9 Å². The van der Waals surface area contributed by atoms with Crippen molar-refractivity contribution in [2.75, 3.05) is 13.1 Å². The van der Waals surface area contributed by atoms with Gasteiger partial charge in [-0.15, -0.1) is 0 Å². The van der Waals surface area contributed by atoms with Crippen LogP contribution in [0, 0.1) is 11.2 Å². The monoisotopic (exact) mass is 264 g/mol. The van der Waals surface area contributed by atoms with Crippen LogP contribution >= 0.6 is 0 Å². The second-order valence-electron chi connectivity index (χ2n) is 6.42. The highest BCUT2D eigenvalue weighted by Gasteiger charge is 2.36. The molecule has 2 rings (SSSR count). The van der Waals surface area contributed by atoms with Crippen molar-refractivity contribution in [3.05, 3.63) is 35.6 Å². The van der Waals surface area contributed by atoms with Gasteiger partial charge in [0.2, 0.25) is 0 Å². The summed E-state index contributed by atoms with van der Waals surface area (Å²) in [4.78, 5) is 2.35. The van der Waals surface area contributed by atoms with E-state index in [1.807, 2.05) is 12.1 Å². The Hall–Kier alpha value is -0.930. The molecule has 1 aliphatic rings. The minimum absolute atomic E-state index is 0.00650. The first-order valence-corrected chi connectivity index (χ1v) is 7.18. The SMILES string of the molecule is CCC(N)C(c1ccccc1F)N1CCC(C)(C)C1. The van der Waals surface area contributed by atoms with Gasteiger partial charge in [0.15, 0.2) is 0 Å². The lowest BCUT2D eigenvalue weighted by atomic mass is 9.92. The van der Waals surface area contributed by atoms with Crippen LogP contribution in [0.2, 0.25) is 0 Å². The fraction of sp³-hybridized carbons (Fsp3) is 0.625. The highest BCUT2D eigenvalue weighted by Crippen LogP contribution is 2.37. The van der Waals surface area contributed by atoms with Crippen molar-refractivity contribution in [2.45, 2.75) is 45.7 Å². The van der Waals surface area contributed by atoms with Gasteiger partial charge in [-0.25, -0.2) is 4.39 Å². The van der Waals surface area contributed by atoms with Crippen molar-refractivity contribution in [3.63, 3.8) is 0 Å². The van der Waals surface area contributed by atoms with Gasteiger partial charge in [0.1, 0.15) is 5.82 Å². The van der Waals surface area contributed by atoms with E-state index in [1.165, 1.54) is 6.07 Å². The lowest BCUT2D eigenvalue weighted by molar-refractivity contribution is 0.185. The minimum Gasteiger partial charge on any atom is -0.326 e. The molecule has 2 atom stereocenters. The van der Waals surface area contributed by atoms with Crippen LogP contribution in [-0.2, 0) is 0 Å². The smallest absolute Gasteiger partial charge is 0.128 e. The summed E-state index contributed by atoms with van der Waals surface area (Å²) in [6, 6.07) is 7.02. The number of nitrogens with zero attached hydrogens (tertiary/aromatic N) is 1. The summed E-state index contributed by atoms with van der Waals surface area (Å²) >= 11 is 0. The molecule has 0 radical (unpaired) electrons. The van der Waals surface area contributed by atoms with Gasteiger partial charge in [0, 0.05) is 18.2 Å². The van der Waals surface area contributed by atoms with Crippen molar-refractivity contribution in [1.29, 1.82) is 0 Å². The summed E-state index contributed by atoms with van der Waals surface area (Å²) in [7, 11) is 0. The Kier molecular flexibility index (Phi) is 4.26. The minimum atomic E-state index is -0.138. The van der Waals surface area contributed by atoms with Gasteiger partial charge in [-0.2, -0.15) is 0 Å². The molecule has 106 valence electrons. The highest BCUT2D eigenvalue weighted by molar-refractivity contribution is 5.23. The molecule has 3 heteroatoms. The largest absolute Gasteiger partial charge is 0.326 e. The van der Waals surface area contributed by atoms with Crippen LogP contribution in [0.3, 0.4) is 0 Å². The number of hydrogen-bond donors (Lipinski definition) is 1. The second kappa shape index (κ2) is 5.59. The summed E-state index contributed by atoms with van der Waals surface area (Å²) in [5.74, 6) is -0.138. The normalized spacial score (nSPS) is 22.4. The van der Waals surface area contributed by atoms with Gasteiger partial charge >= 0.3 is 0 Å². The standard InChI is InChI=1S/C16H25FN2/c1-4-14(18)15(12-7-5-6-8-13(12)17)19-10-9-16(2,3)11-19/h5-8,14-15H,4,9-11,18H2,1-3H3. The maximum absolute atomic E-state index is 14.1. The molecule has 2 N–H and O–H groups in total. The van der Waals surface area contributed by atoms with E-state index in [2.05, 4.69) is 25.7 Å². The summed E-state index contributed by atoms with van der Waals surface area (Å²) in [5.41, 5.74) is 7.33. The van der Waals surface area contributed by atoms with Gasteiger partial charge in [0.25, 0.3) is 0 Å². The van der Waals surface area contributed by atoms with Gasteiger partial charge < -0.3 is 5.73 Å². The molecule has 1 heterocycles. The van der Waals surface area contributed by atoms with Crippen LogP contribution in [0.1, 0.15) is 45.2 Å². The lowest BCUT2D eigenvalue weighted by Crippen LogP contribution is -2.40. The molecule has 0 saturated carbocycles. The third-order valence-electron chi connectivity index (χ3n) is 4.20. The molecule has 0 amide bonds. The first-order valence-electron chi connectivity index (χ1n) is 7.18. The zero-order valence-corrected chi connectivity index (χ0v) is 12.2. The van der Waals surface area contributed by atoms with Crippen molar-refractivity contribution >= 4 is 0 Å². The Labute approximate surface area is 115 Å². The number of rotatable bonds is 4. The van der Waals surface area contributed by atoms with E-state index in [-0.39, 0.29) is 17.9 Å². The molecule has 2 nitrogen and oxygen atoms in total. The first-order chi connectivity index (χ1) is 8.94. The summed E-state index contributed by atoms with van der Waals surface area (Å²) in [6.07, 6.45) is 2.00. The molecule has 1 saturated heterocycles. The number of halogens is 1. The van der Waals surface area contributed by atoms with E-state index < -0.39 is 0 Å². The Morgan fingerprint density at radius 2 is 2.05 bits per heavy atom. The average molecular weight is 264 g/mol. The number of benzene rings is 1. The van der Waals surface area contributed by atoms with Crippen molar-refractivity contribution in [1.82, 2.24) is 4.90 Å². The molecule has 0 aromatic heterocycles. The summed E-state index contributed by atoms with van der Waals surface area (Å²) < 4.78 is 14.1. The van der Waals surface area contributed by atoms with E-state index in [1.54, 1.807) is 6.07 Å². The summed E-state index contributed by atoms with van der Waals surface area (Å²) in [5, 5.41) is 0. The maximum Gasteiger partial charge on any atom is 0.128 e. The quantitative estimate of drug-likeness (QED) is 0.903. The molecule has 1 aromatic rings. The van der Waals surface area contributed by atoms with Crippen LogP contribution < -0.4 is 5.73 Å². The number of nitrogens with two attached hydrogens (primary N) is 1. The van der Waals surface area contributed by atoms with E-state index in [4.69, 9.17) is 5.73 Å². The van der Waals surface area contributed by atoms with E-state index in [9.17, 15) is 4.39 Å². The molecule has 0 spiro atoms. The Morgan fingerprint density at radius 3 is 2.58 bits per heavy atom. The van der Waals surface area contributed by atoms with Crippen molar-refractivity contribution < 1.29 is 4.39 Å². The van der Waals surface area contributed by atoms with Crippen LogP contribution in [0.5, 0.6) is 0 Å². The lowest BCUT2D eigenvalue weighted by Gasteiger charge is -2.33. The molecule has 19 heavy (non-hydrogen) atoms. The number of hydrogen-bond acceptors (Lipinski definition) is 2. The second-order valence-corrected chi connectivity index (χ2v) is 6.42. The van der Waals surface area contributed by atoms with E-state index in [0.717, 1.165) is 31.5 Å². The zero-order valence-electron chi connectivity index (χ0n) is 12.2. The van der Waals surface area contributed by atoms with Gasteiger partial charge in [0.05, 0.1) is 6.04 Å². The van der Waals surface area contributed by atoms with E-state index >= 15 is 0 Å². The van der Waals surface area contributed by atoms with Gasteiger partial charge in [-0.3, -0.25) is 4.90 Å². The fourth-order valence-electron chi connectivity index (χ4n) is 3.03. The molecular formula is C16H25FN2. The fourth-order valence-corrected chi connectivity index (χ4v) is 3.03. The summed E-state index contributed by atoms with van der Waals surface area (Å²) in [6.45, 7) is 8.59.